The summed E-state index contributed by atoms with van der Waals surface area (Å²) in [5.41, 5.74) is 10.8. The van der Waals surface area contributed by atoms with Crippen LogP contribution in [-0.4, -0.2) is 21.5 Å². The summed E-state index contributed by atoms with van der Waals surface area (Å²) in [6, 6.07) is -0.820. The molecule has 2 atom stereocenters. The minimum atomic E-state index is -0.672. The van der Waals surface area contributed by atoms with Gasteiger partial charge < -0.3 is 16.0 Å². The highest BCUT2D eigenvalue weighted by Gasteiger charge is 2.20. The Bertz CT molecular complexity index is 320. The van der Waals surface area contributed by atoms with E-state index < -0.39 is 11.9 Å². The van der Waals surface area contributed by atoms with E-state index in [2.05, 4.69) is 4.98 Å². The van der Waals surface area contributed by atoms with E-state index in [1.807, 2.05) is 24.6 Å². The number of amides is 1. The van der Waals surface area contributed by atoms with E-state index in [9.17, 15) is 4.79 Å². The fourth-order valence-corrected chi connectivity index (χ4v) is 1.40. The van der Waals surface area contributed by atoms with E-state index in [4.69, 9.17) is 11.5 Å². The first-order chi connectivity index (χ1) is 6.57. The van der Waals surface area contributed by atoms with Gasteiger partial charge in [0.15, 0.2) is 0 Å². The van der Waals surface area contributed by atoms with Crippen molar-refractivity contribution in [2.24, 2.45) is 11.5 Å². The average Bonchev–Trinajstić information content (AvgIpc) is 2.62. The number of imidazole rings is 1. The normalized spacial score (nSPS) is 15.1. The van der Waals surface area contributed by atoms with E-state index >= 15 is 0 Å². The summed E-state index contributed by atoms with van der Waals surface area (Å²) < 4.78 is 1.88. The van der Waals surface area contributed by atoms with Crippen LogP contribution >= 0.6 is 0 Å². The Hall–Kier alpha value is -1.36. The summed E-state index contributed by atoms with van der Waals surface area (Å²) in [5, 5.41) is 0. The number of carbonyl (C=O) groups is 1. The van der Waals surface area contributed by atoms with Gasteiger partial charge in [0.1, 0.15) is 11.9 Å². The van der Waals surface area contributed by atoms with Crippen LogP contribution in [0.25, 0.3) is 0 Å². The predicted molar refractivity (Wildman–Crippen MR) is 53.5 cm³/mol. The van der Waals surface area contributed by atoms with E-state index in [-0.39, 0.29) is 6.04 Å². The van der Waals surface area contributed by atoms with E-state index in [0.29, 0.717) is 0 Å². The molecule has 4 N–H and O–H groups in total. The van der Waals surface area contributed by atoms with Crippen molar-refractivity contribution < 1.29 is 4.79 Å². The Morgan fingerprint density at radius 2 is 2.36 bits per heavy atom. The molecule has 0 aliphatic carbocycles. The number of aromatic nitrogens is 2. The largest absolute Gasteiger partial charge is 0.368 e. The van der Waals surface area contributed by atoms with Crippen LogP contribution in [0.4, 0.5) is 0 Å². The quantitative estimate of drug-likeness (QED) is 0.700. The molecule has 1 amide bonds. The number of hydrogen-bond acceptors (Lipinski definition) is 3. The van der Waals surface area contributed by atoms with Crippen molar-refractivity contribution in [3.8, 4) is 0 Å². The molecule has 2 unspecified atom stereocenters. The van der Waals surface area contributed by atoms with Gasteiger partial charge >= 0.3 is 0 Å². The lowest BCUT2D eigenvalue weighted by molar-refractivity contribution is -0.120. The molecule has 0 saturated heterocycles. The van der Waals surface area contributed by atoms with Gasteiger partial charge in [0.25, 0.3) is 0 Å². The summed E-state index contributed by atoms with van der Waals surface area (Å²) in [6.07, 6.45) is 4.32. The molecule has 0 spiro atoms. The number of primary amides is 1. The summed E-state index contributed by atoms with van der Waals surface area (Å²) in [7, 11) is 0. The molecular weight excluding hydrogens is 180 g/mol. The number of rotatable bonds is 4. The van der Waals surface area contributed by atoms with E-state index in [0.717, 1.165) is 12.2 Å². The van der Waals surface area contributed by atoms with Crippen LogP contribution in [0.5, 0.6) is 0 Å². The first-order valence-corrected chi connectivity index (χ1v) is 4.64. The highest BCUT2D eigenvalue weighted by Crippen LogP contribution is 2.12. The Labute approximate surface area is 83.1 Å². The summed E-state index contributed by atoms with van der Waals surface area (Å²) in [4.78, 5) is 15.1. The molecule has 1 aromatic heterocycles. The highest BCUT2D eigenvalue weighted by atomic mass is 16.1. The van der Waals surface area contributed by atoms with Crippen LogP contribution in [0.1, 0.15) is 25.7 Å². The second kappa shape index (κ2) is 4.23. The molecule has 0 saturated carbocycles. The minimum absolute atomic E-state index is 0.148. The Morgan fingerprint density at radius 3 is 2.86 bits per heavy atom. The lowest BCUT2D eigenvalue weighted by Crippen LogP contribution is -2.42. The van der Waals surface area contributed by atoms with Gasteiger partial charge in [-0.15, -0.1) is 0 Å². The topological polar surface area (TPSA) is 86.9 Å². The Morgan fingerprint density at radius 1 is 1.71 bits per heavy atom. The zero-order valence-electron chi connectivity index (χ0n) is 8.47. The van der Waals surface area contributed by atoms with Crippen molar-refractivity contribution >= 4 is 5.91 Å². The van der Waals surface area contributed by atoms with Crippen molar-refractivity contribution in [2.75, 3.05) is 0 Å². The van der Waals surface area contributed by atoms with Gasteiger partial charge in [-0.05, 0) is 6.92 Å². The maximum Gasteiger partial charge on any atom is 0.236 e. The zero-order valence-corrected chi connectivity index (χ0v) is 8.47. The zero-order chi connectivity index (χ0) is 10.7. The second-order valence-corrected chi connectivity index (χ2v) is 3.27. The molecule has 1 rings (SSSR count). The molecule has 1 heterocycles. The van der Waals surface area contributed by atoms with Crippen molar-refractivity contribution in [3.05, 3.63) is 18.2 Å². The first kappa shape index (κ1) is 10.7. The molecule has 14 heavy (non-hydrogen) atoms. The minimum Gasteiger partial charge on any atom is -0.368 e. The third kappa shape index (κ3) is 1.93. The standard InChI is InChI=1S/C9H16N4O/c1-3-7-12-4-5-13(7)6(2)8(10)9(11)14/h4-6,8H,3,10H2,1-2H3,(H2,11,14). The summed E-state index contributed by atoms with van der Waals surface area (Å²) >= 11 is 0. The van der Waals surface area contributed by atoms with Crippen LogP contribution in [0, 0.1) is 0 Å². The van der Waals surface area contributed by atoms with Gasteiger partial charge in [0, 0.05) is 18.8 Å². The summed E-state index contributed by atoms with van der Waals surface area (Å²) in [5.74, 6) is 0.419. The van der Waals surface area contributed by atoms with Crippen molar-refractivity contribution in [1.29, 1.82) is 0 Å². The van der Waals surface area contributed by atoms with Gasteiger partial charge in [-0.1, -0.05) is 6.92 Å². The molecular formula is C9H16N4O. The molecule has 5 heteroatoms. The molecule has 0 fully saturated rings. The number of aryl methyl sites for hydroxylation is 1. The van der Waals surface area contributed by atoms with Crippen LogP contribution in [0.2, 0.25) is 0 Å². The van der Waals surface area contributed by atoms with Gasteiger partial charge in [-0.3, -0.25) is 4.79 Å². The third-order valence-electron chi connectivity index (χ3n) is 2.35. The molecule has 0 bridgehead atoms. The molecule has 0 aliphatic heterocycles. The van der Waals surface area contributed by atoms with E-state index in [1.165, 1.54) is 0 Å². The Kier molecular flexibility index (Phi) is 3.24. The maximum absolute atomic E-state index is 10.9. The number of carbonyl (C=O) groups excluding carboxylic acids is 1. The predicted octanol–water partition coefficient (Wildman–Crippen LogP) is -0.181. The molecule has 78 valence electrons. The third-order valence-corrected chi connectivity index (χ3v) is 2.35. The van der Waals surface area contributed by atoms with Crippen molar-refractivity contribution in [1.82, 2.24) is 9.55 Å². The first-order valence-electron chi connectivity index (χ1n) is 4.64. The lowest BCUT2D eigenvalue weighted by atomic mass is 10.1. The van der Waals surface area contributed by atoms with Crippen molar-refractivity contribution in [2.45, 2.75) is 32.4 Å². The van der Waals surface area contributed by atoms with Gasteiger partial charge in [-0.2, -0.15) is 0 Å². The van der Waals surface area contributed by atoms with Gasteiger partial charge in [-0.25, -0.2) is 4.98 Å². The Balaban J connectivity index is 2.88. The average molecular weight is 196 g/mol. The highest BCUT2D eigenvalue weighted by molar-refractivity contribution is 5.80. The fourth-order valence-electron chi connectivity index (χ4n) is 1.40. The molecule has 5 nitrogen and oxygen atoms in total. The molecule has 0 aliphatic rings. The maximum atomic E-state index is 10.9. The number of hydrogen-bond donors (Lipinski definition) is 2. The smallest absolute Gasteiger partial charge is 0.236 e. The van der Waals surface area contributed by atoms with Crippen LogP contribution < -0.4 is 11.5 Å². The van der Waals surface area contributed by atoms with Crippen LogP contribution in [0.3, 0.4) is 0 Å². The molecule has 0 radical (unpaired) electrons. The second-order valence-electron chi connectivity index (χ2n) is 3.27. The molecule has 0 aromatic carbocycles. The van der Waals surface area contributed by atoms with E-state index in [1.54, 1.807) is 6.20 Å². The number of nitrogens with zero attached hydrogens (tertiary/aromatic N) is 2. The van der Waals surface area contributed by atoms with Crippen molar-refractivity contribution in [3.63, 3.8) is 0 Å². The monoisotopic (exact) mass is 196 g/mol. The number of nitrogens with two attached hydrogens (primary N) is 2. The van der Waals surface area contributed by atoms with Gasteiger partial charge in [0.05, 0.1) is 6.04 Å². The SMILES string of the molecule is CCc1nccn1C(C)C(N)C(N)=O. The lowest BCUT2D eigenvalue weighted by Gasteiger charge is -2.20. The van der Waals surface area contributed by atoms with Gasteiger partial charge in [0.2, 0.25) is 5.91 Å². The summed E-state index contributed by atoms with van der Waals surface area (Å²) in [6.45, 7) is 3.86. The van der Waals surface area contributed by atoms with Crippen LogP contribution in [-0.2, 0) is 11.2 Å². The molecule has 1 aromatic rings. The van der Waals surface area contributed by atoms with Crippen LogP contribution in [0.15, 0.2) is 12.4 Å². The fraction of sp³-hybridized carbons (Fsp3) is 0.556.